The van der Waals surface area contributed by atoms with Gasteiger partial charge in [0.2, 0.25) is 5.91 Å². The number of halogens is 3. The highest BCUT2D eigenvalue weighted by molar-refractivity contribution is 5.86. The maximum atomic E-state index is 12.6. The second-order valence-corrected chi connectivity index (χ2v) is 4.76. The van der Waals surface area contributed by atoms with Crippen molar-refractivity contribution in [2.75, 3.05) is 0 Å². The lowest BCUT2D eigenvalue weighted by molar-refractivity contribution is -0.187. The lowest BCUT2D eigenvalue weighted by Gasteiger charge is -2.27. The van der Waals surface area contributed by atoms with Gasteiger partial charge in [-0.25, -0.2) is 0 Å². The van der Waals surface area contributed by atoms with Crippen molar-refractivity contribution < 1.29 is 22.4 Å². The Labute approximate surface area is 109 Å². The van der Waals surface area contributed by atoms with Gasteiger partial charge in [0, 0.05) is 5.56 Å². The molecule has 4 nitrogen and oxygen atoms in total. The fraction of sp³-hybridized carbons (Fsp3) is 0.583. The fourth-order valence-electron chi connectivity index (χ4n) is 1.63. The van der Waals surface area contributed by atoms with Gasteiger partial charge in [0.05, 0.1) is 6.04 Å². The molecule has 19 heavy (non-hydrogen) atoms. The summed E-state index contributed by atoms with van der Waals surface area (Å²) in [5.41, 5.74) is 2.75. The summed E-state index contributed by atoms with van der Waals surface area (Å²) >= 11 is 0. The van der Waals surface area contributed by atoms with Crippen molar-refractivity contribution in [3.8, 4) is 0 Å². The highest BCUT2D eigenvalue weighted by atomic mass is 19.4. The summed E-state index contributed by atoms with van der Waals surface area (Å²) in [6, 6.07) is 1.05. The third-order valence-corrected chi connectivity index (χ3v) is 2.95. The van der Waals surface area contributed by atoms with Crippen LogP contribution in [0.15, 0.2) is 10.5 Å². The van der Waals surface area contributed by atoms with Crippen LogP contribution < -0.4 is 11.1 Å². The number of rotatable bonds is 3. The molecule has 1 rings (SSSR count). The third-order valence-electron chi connectivity index (χ3n) is 2.95. The van der Waals surface area contributed by atoms with Crippen molar-refractivity contribution >= 4 is 5.91 Å². The van der Waals surface area contributed by atoms with E-state index in [-0.39, 0.29) is 0 Å². The van der Waals surface area contributed by atoms with E-state index >= 15 is 0 Å². The number of carbonyl (C=O) groups excluding carboxylic acids is 1. The van der Waals surface area contributed by atoms with Crippen LogP contribution in [0.5, 0.6) is 0 Å². The minimum atomic E-state index is -4.81. The number of nitrogens with one attached hydrogen (secondary N) is 1. The predicted molar refractivity (Wildman–Crippen MR) is 63.4 cm³/mol. The molecular formula is C12H17F3N2O2. The molecule has 1 aromatic heterocycles. The summed E-state index contributed by atoms with van der Waals surface area (Å²) < 4.78 is 43.1. The largest absolute Gasteiger partial charge is 0.466 e. The van der Waals surface area contributed by atoms with Crippen LogP contribution in [0.1, 0.15) is 37.0 Å². The van der Waals surface area contributed by atoms with Crippen LogP contribution in [-0.2, 0) is 4.79 Å². The zero-order chi connectivity index (χ0) is 15.0. The van der Waals surface area contributed by atoms with Crippen LogP contribution in [0, 0.1) is 13.8 Å². The summed E-state index contributed by atoms with van der Waals surface area (Å²) in [4.78, 5) is 11.6. The highest BCUT2D eigenvalue weighted by Gasteiger charge is 2.54. The van der Waals surface area contributed by atoms with Crippen molar-refractivity contribution in [3.63, 3.8) is 0 Å². The van der Waals surface area contributed by atoms with E-state index in [1.54, 1.807) is 26.8 Å². The normalized spacial score (nSPS) is 16.8. The predicted octanol–water partition coefficient (Wildman–Crippen LogP) is 2.35. The van der Waals surface area contributed by atoms with Gasteiger partial charge in [0.15, 0.2) is 5.54 Å². The van der Waals surface area contributed by atoms with Crippen LogP contribution in [0.2, 0.25) is 0 Å². The van der Waals surface area contributed by atoms with Crippen molar-refractivity contribution in [1.82, 2.24) is 5.32 Å². The Bertz CT molecular complexity index is 478. The van der Waals surface area contributed by atoms with E-state index in [4.69, 9.17) is 10.2 Å². The summed E-state index contributed by atoms with van der Waals surface area (Å²) in [6.45, 7) is 5.61. The van der Waals surface area contributed by atoms with Crippen LogP contribution in [-0.4, -0.2) is 17.6 Å². The second kappa shape index (κ2) is 4.88. The van der Waals surface area contributed by atoms with Gasteiger partial charge in [-0.1, -0.05) is 0 Å². The summed E-state index contributed by atoms with van der Waals surface area (Å²) in [6.07, 6.45) is -4.81. The molecular weight excluding hydrogens is 261 g/mol. The van der Waals surface area contributed by atoms with Gasteiger partial charge in [-0.3, -0.25) is 4.79 Å². The molecule has 0 bridgehead atoms. The number of carbonyl (C=O) groups is 1. The number of alkyl halides is 3. The second-order valence-electron chi connectivity index (χ2n) is 4.76. The molecule has 0 fully saturated rings. The van der Waals surface area contributed by atoms with E-state index < -0.39 is 23.7 Å². The molecule has 0 saturated carbocycles. The Hall–Kier alpha value is -1.50. The number of hydrogen-bond acceptors (Lipinski definition) is 3. The first-order chi connectivity index (χ1) is 8.46. The molecule has 2 atom stereocenters. The standard InChI is InChI=1S/C12H17F3N2O2/c1-6-5-9(8(3)19-6)7(2)17-10(18)11(4,16)12(13,14)15/h5,7H,16H2,1-4H3,(H,17,18). The van der Waals surface area contributed by atoms with E-state index in [1.807, 2.05) is 0 Å². The Kier molecular flexibility index (Phi) is 4.00. The number of amides is 1. The van der Waals surface area contributed by atoms with E-state index in [0.717, 1.165) is 0 Å². The van der Waals surface area contributed by atoms with Crippen LogP contribution in [0.25, 0.3) is 0 Å². The van der Waals surface area contributed by atoms with Crippen molar-refractivity contribution in [2.45, 2.75) is 45.5 Å². The zero-order valence-corrected chi connectivity index (χ0v) is 11.2. The fourth-order valence-corrected chi connectivity index (χ4v) is 1.63. The topological polar surface area (TPSA) is 68.3 Å². The first kappa shape index (κ1) is 15.6. The van der Waals surface area contributed by atoms with Gasteiger partial charge >= 0.3 is 6.18 Å². The van der Waals surface area contributed by atoms with E-state index in [1.165, 1.54) is 0 Å². The maximum absolute atomic E-state index is 12.6. The van der Waals surface area contributed by atoms with Gasteiger partial charge in [0.1, 0.15) is 11.5 Å². The van der Waals surface area contributed by atoms with E-state index in [0.29, 0.717) is 24.0 Å². The monoisotopic (exact) mass is 278 g/mol. The van der Waals surface area contributed by atoms with Gasteiger partial charge in [-0.05, 0) is 33.8 Å². The third kappa shape index (κ3) is 3.09. The molecule has 0 aliphatic rings. The first-order valence-corrected chi connectivity index (χ1v) is 5.70. The SMILES string of the molecule is Cc1cc(C(C)NC(=O)C(C)(N)C(F)(F)F)c(C)o1. The zero-order valence-electron chi connectivity index (χ0n) is 11.2. The molecule has 0 aliphatic heterocycles. The van der Waals surface area contributed by atoms with Crippen molar-refractivity contribution in [2.24, 2.45) is 5.73 Å². The molecule has 0 aliphatic carbocycles. The number of hydrogen-bond donors (Lipinski definition) is 2. The molecule has 0 radical (unpaired) electrons. The van der Waals surface area contributed by atoms with Gasteiger partial charge in [-0.15, -0.1) is 0 Å². The molecule has 7 heteroatoms. The molecule has 0 saturated heterocycles. The molecule has 0 spiro atoms. The average Bonchev–Trinajstić information content (AvgIpc) is 2.55. The molecule has 1 aromatic rings. The Balaban J connectivity index is 2.86. The molecule has 3 N–H and O–H groups in total. The molecule has 2 unspecified atom stereocenters. The van der Waals surface area contributed by atoms with Crippen LogP contribution >= 0.6 is 0 Å². The van der Waals surface area contributed by atoms with Crippen molar-refractivity contribution in [1.29, 1.82) is 0 Å². The molecule has 108 valence electrons. The molecule has 1 heterocycles. The Morgan fingerprint density at radius 1 is 1.42 bits per heavy atom. The molecule has 0 aromatic carbocycles. The maximum Gasteiger partial charge on any atom is 0.415 e. The lowest BCUT2D eigenvalue weighted by Crippen LogP contribution is -2.61. The van der Waals surface area contributed by atoms with Gasteiger partial charge in [0.25, 0.3) is 0 Å². The van der Waals surface area contributed by atoms with Gasteiger partial charge in [-0.2, -0.15) is 13.2 Å². The van der Waals surface area contributed by atoms with Crippen LogP contribution in [0.4, 0.5) is 13.2 Å². The minimum Gasteiger partial charge on any atom is -0.466 e. The number of furan rings is 1. The number of nitrogens with two attached hydrogens (primary N) is 1. The smallest absolute Gasteiger partial charge is 0.415 e. The van der Waals surface area contributed by atoms with E-state index in [9.17, 15) is 18.0 Å². The number of aryl methyl sites for hydroxylation is 2. The van der Waals surface area contributed by atoms with Gasteiger partial charge < -0.3 is 15.5 Å². The Morgan fingerprint density at radius 3 is 2.32 bits per heavy atom. The summed E-state index contributed by atoms with van der Waals surface area (Å²) in [5.74, 6) is -0.0956. The van der Waals surface area contributed by atoms with E-state index in [2.05, 4.69) is 5.32 Å². The Morgan fingerprint density at radius 2 is 1.95 bits per heavy atom. The lowest BCUT2D eigenvalue weighted by atomic mass is 10.0. The first-order valence-electron chi connectivity index (χ1n) is 5.70. The van der Waals surface area contributed by atoms with Crippen LogP contribution in [0.3, 0.4) is 0 Å². The quantitative estimate of drug-likeness (QED) is 0.891. The average molecular weight is 278 g/mol. The van der Waals surface area contributed by atoms with Crippen molar-refractivity contribution in [3.05, 3.63) is 23.2 Å². The summed E-state index contributed by atoms with van der Waals surface area (Å²) in [7, 11) is 0. The highest BCUT2D eigenvalue weighted by Crippen LogP contribution is 2.29. The molecule has 1 amide bonds. The summed E-state index contributed by atoms with van der Waals surface area (Å²) in [5, 5.41) is 2.25. The minimum absolute atomic E-state index is 0.552.